The normalized spacial score (nSPS) is 17.4. The van der Waals surface area contributed by atoms with Gasteiger partial charge in [0.2, 0.25) is 5.91 Å². The third kappa shape index (κ3) is 5.31. The molecule has 2 rings (SSSR count). The summed E-state index contributed by atoms with van der Waals surface area (Å²) in [4.78, 5) is 12.5. The summed E-state index contributed by atoms with van der Waals surface area (Å²) >= 11 is 1.59. The maximum atomic E-state index is 11.0. The summed E-state index contributed by atoms with van der Waals surface area (Å²) in [7, 11) is -4.02. The molecule has 1 fully saturated rings. The van der Waals surface area contributed by atoms with E-state index in [4.69, 9.17) is 15.5 Å². The first-order valence-electron chi connectivity index (χ1n) is 6.30. The van der Waals surface area contributed by atoms with Crippen molar-refractivity contribution in [1.29, 1.82) is 5.26 Å². The van der Waals surface area contributed by atoms with E-state index in [1.807, 2.05) is 6.92 Å². The Labute approximate surface area is 133 Å². The standard InChI is InChI=1S/C7H8O3S.C6H9N3OS/c1-6-2-4-7(5-3-6)11(8,9)10;7-1-5-3-11-4-9(5)6(10)2-8/h2-5H,1H3,(H,8,9,10);5H,2-4,8H2/t;5-/m.1/s1. The summed E-state index contributed by atoms with van der Waals surface area (Å²) in [6.07, 6.45) is 0. The summed E-state index contributed by atoms with van der Waals surface area (Å²) in [5, 5.41) is 8.58. The van der Waals surface area contributed by atoms with E-state index in [-0.39, 0.29) is 23.4 Å². The van der Waals surface area contributed by atoms with Crippen LogP contribution in [-0.4, -0.2) is 48.0 Å². The molecule has 0 bridgehead atoms. The average Bonchev–Trinajstić information content (AvgIpc) is 2.95. The van der Waals surface area contributed by atoms with E-state index in [2.05, 4.69) is 6.07 Å². The Balaban J connectivity index is 0.000000220. The number of nitriles is 1. The number of carbonyl (C=O) groups is 1. The number of benzene rings is 1. The van der Waals surface area contributed by atoms with Crippen molar-refractivity contribution in [2.75, 3.05) is 18.2 Å². The minimum Gasteiger partial charge on any atom is -0.322 e. The maximum absolute atomic E-state index is 11.0. The number of thioether (sulfide) groups is 1. The van der Waals surface area contributed by atoms with Crippen LogP contribution in [-0.2, 0) is 14.9 Å². The molecule has 1 amide bonds. The molecule has 0 saturated carbocycles. The Morgan fingerprint density at radius 1 is 1.50 bits per heavy atom. The molecule has 1 aliphatic rings. The van der Waals surface area contributed by atoms with Crippen LogP contribution in [0.5, 0.6) is 0 Å². The molecule has 1 saturated heterocycles. The number of hydrogen-bond donors (Lipinski definition) is 2. The SMILES string of the molecule is Cc1ccc(S(=O)(=O)O)cc1.N#C[C@@H]1CSCN1C(=O)CN. The van der Waals surface area contributed by atoms with E-state index < -0.39 is 10.1 Å². The Hall–Kier alpha value is -1.60. The van der Waals surface area contributed by atoms with Crippen LogP contribution in [0.3, 0.4) is 0 Å². The third-order valence-electron chi connectivity index (χ3n) is 2.85. The predicted molar refractivity (Wildman–Crippen MR) is 83.6 cm³/mol. The predicted octanol–water partition coefficient (Wildman–Crippen LogP) is 0.612. The second-order valence-electron chi connectivity index (χ2n) is 4.50. The fourth-order valence-corrected chi connectivity index (χ4v) is 3.21. The highest BCUT2D eigenvalue weighted by molar-refractivity contribution is 7.99. The first kappa shape index (κ1) is 18.4. The van der Waals surface area contributed by atoms with Gasteiger partial charge in [-0.3, -0.25) is 9.35 Å². The highest BCUT2D eigenvalue weighted by Crippen LogP contribution is 2.19. The van der Waals surface area contributed by atoms with Crippen molar-refractivity contribution < 1.29 is 17.8 Å². The minimum absolute atomic E-state index is 0.00125. The van der Waals surface area contributed by atoms with Gasteiger partial charge in [-0.05, 0) is 19.1 Å². The lowest BCUT2D eigenvalue weighted by molar-refractivity contribution is -0.129. The fourth-order valence-electron chi connectivity index (χ4n) is 1.62. The topological polar surface area (TPSA) is 124 Å². The zero-order valence-electron chi connectivity index (χ0n) is 12.0. The number of nitrogens with zero attached hydrogens (tertiary/aromatic N) is 2. The lowest BCUT2D eigenvalue weighted by atomic mass is 10.2. The fraction of sp³-hybridized carbons (Fsp3) is 0.385. The molecular weight excluding hydrogens is 326 g/mol. The van der Waals surface area contributed by atoms with Crippen LogP contribution in [0.25, 0.3) is 0 Å². The van der Waals surface area contributed by atoms with Crippen LogP contribution in [0.1, 0.15) is 5.56 Å². The van der Waals surface area contributed by atoms with Gasteiger partial charge in [0.1, 0.15) is 6.04 Å². The number of hydrogen-bond acceptors (Lipinski definition) is 6. The second-order valence-corrected chi connectivity index (χ2v) is 6.92. The van der Waals surface area contributed by atoms with Gasteiger partial charge >= 0.3 is 0 Å². The summed E-state index contributed by atoms with van der Waals surface area (Å²) < 4.78 is 29.6. The van der Waals surface area contributed by atoms with Gasteiger partial charge in [-0.25, -0.2) is 0 Å². The van der Waals surface area contributed by atoms with Crippen molar-refractivity contribution in [2.45, 2.75) is 17.9 Å². The van der Waals surface area contributed by atoms with E-state index in [0.29, 0.717) is 11.6 Å². The maximum Gasteiger partial charge on any atom is 0.294 e. The smallest absolute Gasteiger partial charge is 0.294 e. The molecule has 0 spiro atoms. The lowest BCUT2D eigenvalue weighted by Gasteiger charge is -2.16. The molecule has 1 aromatic rings. The molecule has 1 aliphatic heterocycles. The van der Waals surface area contributed by atoms with E-state index in [1.165, 1.54) is 17.0 Å². The van der Waals surface area contributed by atoms with Crippen LogP contribution in [0, 0.1) is 18.3 Å². The molecule has 7 nitrogen and oxygen atoms in total. The lowest BCUT2D eigenvalue weighted by Crippen LogP contribution is -2.39. The summed E-state index contributed by atoms with van der Waals surface area (Å²) in [6, 6.07) is 7.78. The van der Waals surface area contributed by atoms with Gasteiger partial charge in [0, 0.05) is 5.75 Å². The van der Waals surface area contributed by atoms with Crippen molar-refractivity contribution >= 4 is 27.8 Å². The quantitative estimate of drug-likeness (QED) is 0.754. The first-order valence-corrected chi connectivity index (χ1v) is 8.90. The first-order chi connectivity index (χ1) is 10.3. The monoisotopic (exact) mass is 343 g/mol. The van der Waals surface area contributed by atoms with Gasteiger partial charge in [0.25, 0.3) is 10.1 Å². The number of aryl methyl sites for hydroxylation is 1. The molecule has 0 aliphatic carbocycles. The van der Waals surface area contributed by atoms with Gasteiger partial charge in [-0.1, -0.05) is 17.7 Å². The number of carbonyl (C=O) groups excluding carboxylic acids is 1. The molecule has 1 atom stereocenters. The molecule has 1 aromatic carbocycles. The van der Waals surface area contributed by atoms with Crippen molar-refractivity contribution in [2.24, 2.45) is 5.73 Å². The Morgan fingerprint density at radius 2 is 2.09 bits per heavy atom. The van der Waals surface area contributed by atoms with Crippen molar-refractivity contribution in [3.63, 3.8) is 0 Å². The molecule has 9 heteroatoms. The van der Waals surface area contributed by atoms with Gasteiger partial charge in [-0.15, -0.1) is 11.8 Å². The van der Waals surface area contributed by atoms with E-state index in [0.717, 1.165) is 5.56 Å². The van der Waals surface area contributed by atoms with Gasteiger partial charge < -0.3 is 10.6 Å². The molecule has 3 N–H and O–H groups in total. The molecule has 0 radical (unpaired) electrons. The zero-order chi connectivity index (χ0) is 16.8. The van der Waals surface area contributed by atoms with Gasteiger partial charge in [0.05, 0.1) is 23.4 Å². The molecule has 22 heavy (non-hydrogen) atoms. The summed E-state index contributed by atoms with van der Waals surface area (Å²) in [5.41, 5.74) is 6.11. The summed E-state index contributed by atoms with van der Waals surface area (Å²) in [5.74, 6) is 1.18. The van der Waals surface area contributed by atoms with Crippen molar-refractivity contribution in [1.82, 2.24) is 4.90 Å². The van der Waals surface area contributed by atoms with Crippen LogP contribution in [0.2, 0.25) is 0 Å². The number of rotatable bonds is 2. The Bertz CT molecular complexity index is 653. The number of nitrogens with two attached hydrogens (primary N) is 1. The molecular formula is C13H17N3O4S2. The third-order valence-corrected chi connectivity index (χ3v) is 4.73. The zero-order valence-corrected chi connectivity index (χ0v) is 13.6. The van der Waals surface area contributed by atoms with E-state index >= 15 is 0 Å². The Kier molecular flexibility index (Phi) is 6.83. The summed E-state index contributed by atoms with van der Waals surface area (Å²) in [6.45, 7) is 1.84. The highest BCUT2D eigenvalue weighted by Gasteiger charge is 2.27. The van der Waals surface area contributed by atoms with E-state index in [9.17, 15) is 13.2 Å². The highest BCUT2D eigenvalue weighted by atomic mass is 32.2. The van der Waals surface area contributed by atoms with Gasteiger partial charge in [-0.2, -0.15) is 13.7 Å². The Morgan fingerprint density at radius 3 is 2.55 bits per heavy atom. The minimum atomic E-state index is -4.02. The number of amides is 1. The second kappa shape index (κ2) is 8.14. The van der Waals surface area contributed by atoms with Crippen LogP contribution < -0.4 is 5.73 Å². The van der Waals surface area contributed by atoms with Crippen LogP contribution in [0.4, 0.5) is 0 Å². The van der Waals surface area contributed by atoms with Crippen LogP contribution >= 0.6 is 11.8 Å². The molecule has 0 aromatic heterocycles. The van der Waals surface area contributed by atoms with Crippen molar-refractivity contribution in [3.8, 4) is 6.07 Å². The van der Waals surface area contributed by atoms with E-state index in [1.54, 1.807) is 23.9 Å². The molecule has 120 valence electrons. The molecule has 0 unspecified atom stereocenters. The van der Waals surface area contributed by atoms with Crippen molar-refractivity contribution in [3.05, 3.63) is 29.8 Å². The largest absolute Gasteiger partial charge is 0.322 e. The average molecular weight is 343 g/mol. The van der Waals surface area contributed by atoms with Gasteiger partial charge in [0.15, 0.2) is 0 Å². The van der Waals surface area contributed by atoms with Crippen LogP contribution in [0.15, 0.2) is 29.2 Å². The molecule has 1 heterocycles.